The van der Waals surface area contributed by atoms with Crippen molar-refractivity contribution >= 4 is 17.4 Å². The van der Waals surface area contributed by atoms with Crippen molar-refractivity contribution in [2.75, 3.05) is 0 Å². The number of halogens is 2. The van der Waals surface area contributed by atoms with Gasteiger partial charge in [-0.1, -0.05) is 17.7 Å². The summed E-state index contributed by atoms with van der Waals surface area (Å²) in [4.78, 5) is 11.7. The normalized spacial score (nSPS) is 10.6. The number of Topliss-reactive ketones (excluding diaryl/α,β-unsaturated/α-hetero) is 1. The Morgan fingerprint density at radius 1 is 1.28 bits per heavy atom. The maximum absolute atomic E-state index is 13.5. The zero-order valence-corrected chi connectivity index (χ0v) is 10.4. The largest absolute Gasteiger partial charge is 0.469 e. The van der Waals surface area contributed by atoms with E-state index in [-0.39, 0.29) is 17.8 Å². The zero-order valence-electron chi connectivity index (χ0n) is 9.66. The Labute approximate surface area is 109 Å². The van der Waals surface area contributed by atoms with Crippen LogP contribution in [0.4, 0.5) is 4.39 Å². The summed E-state index contributed by atoms with van der Waals surface area (Å²) in [6.45, 7) is 0. The molecule has 2 rings (SSSR count). The number of ketones is 1. The third-order valence-corrected chi connectivity index (χ3v) is 3.02. The number of aryl methyl sites for hydroxylation is 1. The van der Waals surface area contributed by atoms with Crippen LogP contribution in [0.2, 0.25) is 5.02 Å². The maximum Gasteiger partial charge on any atom is 0.137 e. The van der Waals surface area contributed by atoms with Crippen LogP contribution in [0.25, 0.3) is 0 Å². The minimum atomic E-state index is -0.436. The lowest BCUT2D eigenvalue weighted by Crippen LogP contribution is -2.06. The van der Waals surface area contributed by atoms with Crippen molar-refractivity contribution in [2.45, 2.75) is 19.3 Å². The van der Waals surface area contributed by atoms with Crippen LogP contribution in [0.1, 0.15) is 17.7 Å². The van der Waals surface area contributed by atoms with Gasteiger partial charge in [0.1, 0.15) is 17.4 Å². The van der Waals surface area contributed by atoms with Crippen LogP contribution in [0, 0.1) is 5.82 Å². The van der Waals surface area contributed by atoms with E-state index in [4.69, 9.17) is 16.0 Å². The molecule has 0 aliphatic carbocycles. The first kappa shape index (κ1) is 12.8. The Bertz CT molecular complexity index is 514. The quantitative estimate of drug-likeness (QED) is 0.824. The molecule has 0 spiro atoms. The van der Waals surface area contributed by atoms with E-state index in [2.05, 4.69) is 0 Å². The van der Waals surface area contributed by atoms with Crippen molar-refractivity contribution in [3.8, 4) is 0 Å². The fourth-order valence-corrected chi connectivity index (χ4v) is 1.93. The lowest BCUT2D eigenvalue weighted by Gasteiger charge is -2.04. The number of hydrogen-bond donors (Lipinski definition) is 0. The Morgan fingerprint density at radius 2 is 2.11 bits per heavy atom. The molecule has 1 aromatic carbocycles. The molecule has 0 unspecified atom stereocenters. The predicted octanol–water partition coefficient (Wildman–Crippen LogP) is 3.82. The molecule has 0 amide bonds. The van der Waals surface area contributed by atoms with Crippen molar-refractivity contribution in [1.82, 2.24) is 0 Å². The number of furan rings is 1. The zero-order chi connectivity index (χ0) is 13.0. The van der Waals surface area contributed by atoms with Crippen LogP contribution in [0.3, 0.4) is 0 Å². The molecule has 0 atom stereocenters. The minimum Gasteiger partial charge on any atom is -0.469 e. The summed E-state index contributed by atoms with van der Waals surface area (Å²) in [5.74, 6) is 0.259. The molecule has 0 radical (unpaired) electrons. The molecule has 0 aliphatic heterocycles. The summed E-state index contributed by atoms with van der Waals surface area (Å²) in [6, 6.07) is 7.99. The van der Waals surface area contributed by atoms with Gasteiger partial charge in [-0.2, -0.15) is 0 Å². The maximum atomic E-state index is 13.5. The third-order valence-electron chi connectivity index (χ3n) is 2.67. The lowest BCUT2D eigenvalue weighted by molar-refractivity contribution is -0.118. The molecule has 0 bridgehead atoms. The van der Waals surface area contributed by atoms with E-state index in [9.17, 15) is 9.18 Å². The topological polar surface area (TPSA) is 30.2 Å². The second kappa shape index (κ2) is 5.83. The summed E-state index contributed by atoms with van der Waals surface area (Å²) < 4.78 is 18.6. The van der Waals surface area contributed by atoms with E-state index in [1.807, 2.05) is 6.07 Å². The van der Waals surface area contributed by atoms with Crippen LogP contribution in [-0.2, 0) is 17.6 Å². The predicted molar refractivity (Wildman–Crippen MR) is 67.2 cm³/mol. The molecule has 1 aromatic heterocycles. The highest BCUT2D eigenvalue weighted by atomic mass is 35.5. The van der Waals surface area contributed by atoms with E-state index in [0.717, 1.165) is 5.76 Å². The van der Waals surface area contributed by atoms with Gasteiger partial charge in [-0.15, -0.1) is 0 Å². The first-order valence-electron chi connectivity index (χ1n) is 5.64. The summed E-state index contributed by atoms with van der Waals surface area (Å²) in [6.07, 6.45) is 2.43. The smallest absolute Gasteiger partial charge is 0.137 e. The van der Waals surface area contributed by atoms with Crippen LogP contribution >= 0.6 is 11.6 Å². The van der Waals surface area contributed by atoms with Crippen molar-refractivity contribution in [1.29, 1.82) is 0 Å². The van der Waals surface area contributed by atoms with Crippen molar-refractivity contribution in [2.24, 2.45) is 0 Å². The average Bonchev–Trinajstić information content (AvgIpc) is 2.84. The minimum absolute atomic E-state index is 0.0201. The highest BCUT2D eigenvalue weighted by molar-refractivity contribution is 6.31. The molecule has 2 aromatic rings. The molecule has 0 aliphatic rings. The molecule has 0 N–H and O–H groups in total. The average molecular weight is 267 g/mol. The van der Waals surface area contributed by atoms with Gasteiger partial charge in [0.25, 0.3) is 0 Å². The van der Waals surface area contributed by atoms with Gasteiger partial charge in [0.15, 0.2) is 0 Å². The van der Waals surface area contributed by atoms with Crippen molar-refractivity contribution < 1.29 is 13.6 Å². The van der Waals surface area contributed by atoms with Crippen LogP contribution in [-0.4, -0.2) is 5.78 Å². The Morgan fingerprint density at radius 3 is 2.78 bits per heavy atom. The lowest BCUT2D eigenvalue weighted by atomic mass is 10.0. The van der Waals surface area contributed by atoms with E-state index >= 15 is 0 Å². The number of hydrogen-bond acceptors (Lipinski definition) is 2. The highest BCUT2D eigenvalue weighted by Crippen LogP contribution is 2.20. The van der Waals surface area contributed by atoms with E-state index < -0.39 is 5.82 Å². The van der Waals surface area contributed by atoms with E-state index in [1.54, 1.807) is 18.4 Å². The van der Waals surface area contributed by atoms with Crippen LogP contribution < -0.4 is 0 Å². The number of carbonyl (C=O) groups excluding carboxylic acids is 1. The number of rotatable bonds is 5. The summed E-state index contributed by atoms with van der Waals surface area (Å²) in [5.41, 5.74) is 0.267. The van der Waals surface area contributed by atoms with Gasteiger partial charge in [0.2, 0.25) is 0 Å². The molecular weight excluding hydrogens is 255 g/mol. The van der Waals surface area contributed by atoms with Gasteiger partial charge in [-0.3, -0.25) is 4.79 Å². The molecule has 1 heterocycles. The Balaban J connectivity index is 1.95. The second-order valence-corrected chi connectivity index (χ2v) is 4.40. The second-order valence-electron chi connectivity index (χ2n) is 4.00. The fourth-order valence-electron chi connectivity index (χ4n) is 1.70. The van der Waals surface area contributed by atoms with Gasteiger partial charge >= 0.3 is 0 Å². The van der Waals surface area contributed by atoms with Gasteiger partial charge < -0.3 is 4.42 Å². The monoisotopic (exact) mass is 266 g/mol. The highest BCUT2D eigenvalue weighted by Gasteiger charge is 2.12. The summed E-state index contributed by atoms with van der Waals surface area (Å²) in [5, 5.41) is 0.293. The SMILES string of the molecule is O=C(CCc1ccco1)Cc1c(F)cccc1Cl. The molecule has 4 heteroatoms. The molecule has 0 saturated heterocycles. The standard InChI is InChI=1S/C14H12ClFO2/c15-13-4-1-5-14(16)12(13)9-10(17)6-7-11-3-2-8-18-11/h1-5,8H,6-7,9H2. The Kier molecular flexibility index (Phi) is 4.15. The number of benzene rings is 1. The third kappa shape index (κ3) is 3.20. The van der Waals surface area contributed by atoms with Gasteiger partial charge in [-0.05, 0) is 24.3 Å². The Hall–Kier alpha value is -1.61. The fraction of sp³-hybridized carbons (Fsp3) is 0.214. The molecule has 18 heavy (non-hydrogen) atoms. The van der Waals surface area contributed by atoms with Crippen molar-refractivity contribution in [3.63, 3.8) is 0 Å². The van der Waals surface area contributed by atoms with Crippen molar-refractivity contribution in [3.05, 3.63) is 58.8 Å². The van der Waals surface area contributed by atoms with Gasteiger partial charge in [0, 0.05) is 29.8 Å². The van der Waals surface area contributed by atoms with Gasteiger partial charge in [0.05, 0.1) is 6.26 Å². The first-order chi connectivity index (χ1) is 8.66. The summed E-state index contributed by atoms with van der Waals surface area (Å²) in [7, 11) is 0. The van der Waals surface area contributed by atoms with E-state index in [0.29, 0.717) is 17.9 Å². The molecule has 2 nitrogen and oxygen atoms in total. The molecule has 0 saturated carbocycles. The molecular formula is C14H12ClFO2. The summed E-state index contributed by atoms with van der Waals surface area (Å²) >= 11 is 5.86. The van der Waals surface area contributed by atoms with Crippen LogP contribution in [0.15, 0.2) is 41.0 Å². The number of carbonyl (C=O) groups is 1. The molecule has 0 fully saturated rings. The first-order valence-corrected chi connectivity index (χ1v) is 6.01. The van der Waals surface area contributed by atoms with E-state index in [1.165, 1.54) is 12.1 Å². The molecule has 94 valence electrons. The van der Waals surface area contributed by atoms with Crippen LogP contribution in [0.5, 0.6) is 0 Å². The van der Waals surface area contributed by atoms with Gasteiger partial charge in [-0.25, -0.2) is 4.39 Å².